The highest BCUT2D eigenvalue weighted by atomic mass is 32.2. The summed E-state index contributed by atoms with van der Waals surface area (Å²) in [5.41, 5.74) is 1.86. The van der Waals surface area contributed by atoms with E-state index in [9.17, 15) is 18.3 Å². The molecule has 0 spiro atoms. The third-order valence-electron chi connectivity index (χ3n) is 4.21. The maximum atomic E-state index is 12.6. The molecule has 0 radical (unpaired) electrons. The fourth-order valence-corrected chi connectivity index (χ4v) is 4.82. The molecule has 0 aromatic heterocycles. The normalized spacial score (nSPS) is 18.1. The molecule has 1 aliphatic carbocycles. The van der Waals surface area contributed by atoms with Crippen molar-refractivity contribution < 1.29 is 18.3 Å². The van der Waals surface area contributed by atoms with Crippen molar-refractivity contribution in [2.45, 2.75) is 49.7 Å². The minimum absolute atomic E-state index is 0.125. The number of benzene rings is 1. The van der Waals surface area contributed by atoms with E-state index in [0.29, 0.717) is 12.8 Å². The number of carbonyl (C=O) groups is 1. The summed E-state index contributed by atoms with van der Waals surface area (Å²) < 4.78 is 25.3. The lowest BCUT2D eigenvalue weighted by molar-refractivity contribution is -0.137. The van der Waals surface area contributed by atoms with Gasteiger partial charge in [0.15, 0.2) is 15.1 Å². The molecule has 2 rings (SSSR count). The van der Waals surface area contributed by atoms with Crippen LogP contribution in [0.5, 0.6) is 0 Å². The molecule has 1 fully saturated rings. The van der Waals surface area contributed by atoms with Crippen molar-refractivity contribution in [1.82, 2.24) is 0 Å². The quantitative estimate of drug-likeness (QED) is 0.927. The Bertz CT molecular complexity index is 613. The van der Waals surface area contributed by atoms with Crippen LogP contribution in [0, 0.1) is 19.8 Å². The Balaban J connectivity index is 2.44. The van der Waals surface area contributed by atoms with Crippen LogP contribution in [-0.2, 0) is 14.6 Å². The first-order valence-corrected chi connectivity index (χ1v) is 8.42. The lowest BCUT2D eigenvalue weighted by atomic mass is 10.0. The summed E-state index contributed by atoms with van der Waals surface area (Å²) in [4.78, 5) is 11.6. The summed E-state index contributed by atoms with van der Waals surface area (Å²) in [5.74, 6) is -1.49. The molecule has 1 aromatic carbocycles. The highest BCUT2D eigenvalue weighted by Gasteiger charge is 2.41. The first-order chi connectivity index (χ1) is 9.34. The molecule has 0 amide bonds. The van der Waals surface area contributed by atoms with Crippen LogP contribution in [0.1, 0.15) is 36.8 Å². The molecule has 1 aromatic rings. The summed E-state index contributed by atoms with van der Waals surface area (Å²) in [6.07, 6.45) is 3.19. The zero-order chi connectivity index (χ0) is 14.9. The molecule has 0 heterocycles. The van der Waals surface area contributed by atoms with Crippen molar-refractivity contribution in [1.29, 1.82) is 0 Å². The molecular formula is C15H20O4S. The van der Waals surface area contributed by atoms with E-state index in [1.807, 2.05) is 13.8 Å². The zero-order valence-corrected chi connectivity index (χ0v) is 12.6. The van der Waals surface area contributed by atoms with Crippen LogP contribution < -0.4 is 0 Å². The lowest BCUT2D eigenvalue weighted by Gasteiger charge is -2.20. The molecule has 1 saturated carbocycles. The van der Waals surface area contributed by atoms with E-state index >= 15 is 0 Å². The van der Waals surface area contributed by atoms with E-state index in [2.05, 4.69) is 0 Å². The van der Waals surface area contributed by atoms with Crippen LogP contribution in [0.15, 0.2) is 23.1 Å². The highest BCUT2D eigenvalue weighted by Crippen LogP contribution is 2.34. The maximum Gasteiger partial charge on any atom is 0.322 e. The van der Waals surface area contributed by atoms with Gasteiger partial charge < -0.3 is 5.11 Å². The van der Waals surface area contributed by atoms with Crippen molar-refractivity contribution in [3.63, 3.8) is 0 Å². The van der Waals surface area contributed by atoms with Gasteiger partial charge in [-0.25, -0.2) is 8.42 Å². The van der Waals surface area contributed by atoms with Crippen molar-refractivity contribution >= 4 is 15.8 Å². The Morgan fingerprint density at radius 1 is 1.20 bits per heavy atom. The van der Waals surface area contributed by atoms with Crippen LogP contribution in [0.3, 0.4) is 0 Å². The average molecular weight is 296 g/mol. The standard InChI is InChI=1S/C15H20O4S/c1-10-7-8-13(9-11(10)2)20(18,19)14(15(16)17)12-5-3-4-6-12/h7-9,12,14H,3-6H2,1-2H3,(H,16,17). The van der Waals surface area contributed by atoms with E-state index in [1.165, 1.54) is 6.07 Å². The monoisotopic (exact) mass is 296 g/mol. The van der Waals surface area contributed by atoms with Gasteiger partial charge in [0.25, 0.3) is 0 Å². The number of aryl methyl sites for hydroxylation is 2. The number of sulfone groups is 1. The molecule has 110 valence electrons. The minimum atomic E-state index is -3.82. The highest BCUT2D eigenvalue weighted by molar-refractivity contribution is 7.92. The topological polar surface area (TPSA) is 71.4 Å². The summed E-state index contributed by atoms with van der Waals surface area (Å²) in [6.45, 7) is 3.73. The fraction of sp³-hybridized carbons (Fsp3) is 0.533. The van der Waals surface area contributed by atoms with Crippen LogP contribution in [0.25, 0.3) is 0 Å². The Morgan fingerprint density at radius 3 is 2.30 bits per heavy atom. The van der Waals surface area contributed by atoms with Gasteiger partial charge >= 0.3 is 5.97 Å². The second kappa shape index (κ2) is 5.56. The predicted molar refractivity (Wildman–Crippen MR) is 76.5 cm³/mol. The van der Waals surface area contributed by atoms with Crippen molar-refractivity contribution in [3.05, 3.63) is 29.3 Å². The smallest absolute Gasteiger partial charge is 0.322 e. The lowest BCUT2D eigenvalue weighted by Crippen LogP contribution is -2.36. The van der Waals surface area contributed by atoms with Gasteiger partial charge in [0, 0.05) is 0 Å². The van der Waals surface area contributed by atoms with Crippen molar-refractivity contribution in [2.24, 2.45) is 5.92 Å². The third kappa shape index (κ3) is 2.73. The third-order valence-corrected chi connectivity index (χ3v) is 6.38. The molecule has 0 saturated heterocycles. The molecule has 0 bridgehead atoms. The Hall–Kier alpha value is -1.36. The maximum absolute atomic E-state index is 12.6. The zero-order valence-electron chi connectivity index (χ0n) is 11.8. The number of carboxylic acids is 1. The van der Waals surface area contributed by atoms with Gasteiger partial charge in [0.2, 0.25) is 0 Å². The summed E-state index contributed by atoms with van der Waals surface area (Å²) in [6, 6.07) is 4.83. The molecule has 4 nitrogen and oxygen atoms in total. The first-order valence-electron chi connectivity index (χ1n) is 6.88. The molecule has 1 aliphatic rings. The van der Waals surface area contributed by atoms with Crippen molar-refractivity contribution in [2.75, 3.05) is 0 Å². The molecule has 20 heavy (non-hydrogen) atoms. The summed E-state index contributed by atoms with van der Waals surface area (Å²) in [5, 5.41) is 8.06. The fourth-order valence-electron chi connectivity index (χ4n) is 2.89. The van der Waals surface area contributed by atoms with Crippen LogP contribution in [0.2, 0.25) is 0 Å². The Labute approximate surface area is 119 Å². The SMILES string of the molecule is Cc1ccc(S(=O)(=O)C(C(=O)O)C2CCCC2)cc1C. The van der Waals surface area contributed by atoms with Gasteiger partial charge in [0.05, 0.1) is 4.90 Å². The van der Waals surface area contributed by atoms with E-state index in [-0.39, 0.29) is 10.8 Å². The average Bonchev–Trinajstić information content (AvgIpc) is 2.85. The minimum Gasteiger partial charge on any atom is -0.480 e. The number of carboxylic acid groups (broad SMARTS) is 1. The second-order valence-corrected chi connectivity index (χ2v) is 7.66. The molecule has 1 unspecified atom stereocenters. The number of hydrogen-bond acceptors (Lipinski definition) is 3. The summed E-state index contributed by atoms with van der Waals surface area (Å²) >= 11 is 0. The van der Waals surface area contributed by atoms with Gasteiger partial charge in [-0.2, -0.15) is 0 Å². The molecular weight excluding hydrogens is 276 g/mol. The van der Waals surface area contributed by atoms with E-state index in [1.54, 1.807) is 12.1 Å². The van der Waals surface area contributed by atoms with Gasteiger partial charge in [-0.1, -0.05) is 18.9 Å². The van der Waals surface area contributed by atoms with Gasteiger partial charge in [-0.05, 0) is 55.9 Å². The number of hydrogen-bond donors (Lipinski definition) is 1. The van der Waals surface area contributed by atoms with Crippen LogP contribution in [0.4, 0.5) is 0 Å². The summed E-state index contributed by atoms with van der Waals surface area (Å²) in [7, 11) is -3.82. The molecule has 0 aliphatic heterocycles. The van der Waals surface area contributed by atoms with Crippen LogP contribution >= 0.6 is 0 Å². The number of rotatable bonds is 4. The Morgan fingerprint density at radius 2 is 1.80 bits per heavy atom. The first kappa shape index (κ1) is 15.0. The van der Waals surface area contributed by atoms with E-state index in [4.69, 9.17) is 0 Å². The predicted octanol–water partition coefficient (Wildman–Crippen LogP) is 2.72. The largest absolute Gasteiger partial charge is 0.480 e. The molecule has 5 heteroatoms. The molecule has 1 N–H and O–H groups in total. The van der Waals surface area contributed by atoms with Gasteiger partial charge in [-0.15, -0.1) is 0 Å². The van der Waals surface area contributed by atoms with Crippen LogP contribution in [-0.4, -0.2) is 24.7 Å². The van der Waals surface area contributed by atoms with Gasteiger partial charge in [0.1, 0.15) is 0 Å². The molecule has 1 atom stereocenters. The Kier molecular flexibility index (Phi) is 4.18. The van der Waals surface area contributed by atoms with Gasteiger partial charge in [-0.3, -0.25) is 4.79 Å². The number of aliphatic carboxylic acids is 1. The van der Waals surface area contributed by atoms with E-state index in [0.717, 1.165) is 24.0 Å². The van der Waals surface area contributed by atoms with E-state index < -0.39 is 21.1 Å². The second-order valence-electron chi connectivity index (χ2n) is 5.59. The van der Waals surface area contributed by atoms with Crippen molar-refractivity contribution in [3.8, 4) is 0 Å².